The summed E-state index contributed by atoms with van der Waals surface area (Å²) in [5.74, 6) is 0. The fourth-order valence-electron chi connectivity index (χ4n) is 0.696. The fourth-order valence-corrected chi connectivity index (χ4v) is 0.696. The van der Waals surface area contributed by atoms with Gasteiger partial charge in [-0.3, -0.25) is 0 Å². The normalized spacial score (nSPS) is 15.4. The standard InChI is InChI=1S/C10H20/c1-3-5-7-9-10-8-6-4-2/h7,9H,3-6,8,10H2,1-2H3/b9-7-/i10D2. The van der Waals surface area contributed by atoms with Crippen LogP contribution < -0.4 is 0 Å². The summed E-state index contributed by atoms with van der Waals surface area (Å²) in [6.45, 7) is 4.19. The average Bonchev–Trinajstić information content (AvgIpc) is 2.01. The van der Waals surface area contributed by atoms with Crippen LogP contribution in [-0.2, 0) is 0 Å². The minimum absolute atomic E-state index is 0.656. The van der Waals surface area contributed by atoms with Gasteiger partial charge < -0.3 is 0 Å². The summed E-state index contributed by atoms with van der Waals surface area (Å²) in [7, 11) is 0. The molecule has 0 aromatic carbocycles. The SMILES string of the molecule is [2H]C([2H])(/C=C\CCC)CCCC. The Kier molecular flexibility index (Phi) is 5.64. The molecule has 0 aliphatic heterocycles. The second-order valence-corrected chi connectivity index (χ2v) is 2.50. The zero-order valence-electron chi connectivity index (χ0n) is 9.19. The van der Waals surface area contributed by atoms with Crippen LogP contribution in [0.5, 0.6) is 0 Å². The molecule has 0 rings (SSSR count). The summed E-state index contributed by atoms with van der Waals surface area (Å²) >= 11 is 0. The third-order valence-electron chi connectivity index (χ3n) is 1.37. The maximum atomic E-state index is 7.59. The summed E-state index contributed by atoms with van der Waals surface area (Å²) in [5, 5.41) is 0. The van der Waals surface area contributed by atoms with Gasteiger partial charge in [0.15, 0.2) is 0 Å². The summed E-state index contributed by atoms with van der Waals surface area (Å²) in [6, 6.07) is 0. The van der Waals surface area contributed by atoms with E-state index < -0.39 is 6.37 Å². The van der Waals surface area contributed by atoms with Crippen molar-refractivity contribution < 1.29 is 2.74 Å². The Morgan fingerprint density at radius 2 is 1.90 bits per heavy atom. The van der Waals surface area contributed by atoms with Crippen LogP contribution in [0.15, 0.2) is 12.2 Å². The summed E-state index contributed by atoms with van der Waals surface area (Å²) in [5.41, 5.74) is 0. The first kappa shape index (κ1) is 6.45. The van der Waals surface area contributed by atoms with Gasteiger partial charge in [0.1, 0.15) is 0 Å². The molecular formula is C10H20. The van der Waals surface area contributed by atoms with Gasteiger partial charge in [-0.25, -0.2) is 0 Å². The molecule has 0 atom stereocenters. The zero-order valence-corrected chi connectivity index (χ0v) is 7.19. The second kappa shape index (κ2) is 8.74. The molecule has 10 heavy (non-hydrogen) atoms. The highest BCUT2D eigenvalue weighted by atomic mass is 13.9. The molecule has 0 N–H and O–H groups in total. The number of allylic oxidation sites excluding steroid dienone is 2. The topological polar surface area (TPSA) is 0 Å². The van der Waals surface area contributed by atoms with Crippen molar-refractivity contribution in [2.24, 2.45) is 0 Å². The first-order valence-electron chi connectivity index (χ1n) is 5.30. The Morgan fingerprint density at radius 3 is 2.50 bits per heavy atom. The first-order valence-corrected chi connectivity index (χ1v) is 4.30. The van der Waals surface area contributed by atoms with Crippen LogP contribution in [0.2, 0.25) is 0 Å². The molecule has 0 aromatic rings. The van der Waals surface area contributed by atoms with E-state index in [1.807, 2.05) is 6.08 Å². The van der Waals surface area contributed by atoms with E-state index >= 15 is 0 Å². The molecule has 0 aromatic heterocycles. The van der Waals surface area contributed by atoms with Crippen LogP contribution in [0, 0.1) is 0 Å². The van der Waals surface area contributed by atoms with Crippen molar-refractivity contribution in [1.29, 1.82) is 0 Å². The van der Waals surface area contributed by atoms with Gasteiger partial charge in [0.25, 0.3) is 0 Å². The minimum Gasteiger partial charge on any atom is -0.0885 e. The van der Waals surface area contributed by atoms with Crippen LogP contribution >= 0.6 is 0 Å². The highest BCUT2D eigenvalue weighted by Crippen LogP contribution is 2.00. The molecule has 0 heteroatoms. The Bertz CT molecular complexity index is 128. The van der Waals surface area contributed by atoms with E-state index in [9.17, 15) is 0 Å². The molecular weight excluding hydrogens is 120 g/mol. The van der Waals surface area contributed by atoms with Gasteiger partial charge in [-0.1, -0.05) is 45.3 Å². The van der Waals surface area contributed by atoms with Crippen molar-refractivity contribution in [3.8, 4) is 0 Å². The predicted molar refractivity (Wildman–Crippen MR) is 48.2 cm³/mol. The van der Waals surface area contributed by atoms with E-state index in [0.717, 1.165) is 25.7 Å². The van der Waals surface area contributed by atoms with E-state index in [4.69, 9.17) is 2.74 Å². The van der Waals surface area contributed by atoms with Gasteiger partial charge in [-0.15, -0.1) is 0 Å². The third-order valence-corrected chi connectivity index (χ3v) is 1.37. The lowest BCUT2D eigenvalue weighted by Crippen LogP contribution is -1.70. The van der Waals surface area contributed by atoms with Crippen LogP contribution in [0.4, 0.5) is 0 Å². The Morgan fingerprint density at radius 1 is 1.10 bits per heavy atom. The molecule has 0 bridgehead atoms. The highest BCUT2D eigenvalue weighted by Gasteiger charge is 1.80. The van der Waals surface area contributed by atoms with E-state index in [1.54, 1.807) is 6.08 Å². The lowest BCUT2D eigenvalue weighted by molar-refractivity contribution is 0.727. The second-order valence-electron chi connectivity index (χ2n) is 2.50. The first-order chi connectivity index (χ1) is 5.62. The van der Waals surface area contributed by atoms with Crippen molar-refractivity contribution in [2.75, 3.05) is 0 Å². The van der Waals surface area contributed by atoms with E-state index in [0.29, 0.717) is 6.42 Å². The summed E-state index contributed by atoms with van der Waals surface area (Å²) in [6.07, 6.45) is 7.38. The molecule has 60 valence electrons. The van der Waals surface area contributed by atoms with Crippen LogP contribution in [0.1, 0.15) is 55.1 Å². The molecule has 0 amide bonds. The minimum atomic E-state index is -1.08. The quantitative estimate of drug-likeness (QED) is 0.493. The maximum absolute atomic E-state index is 7.59. The molecule has 0 heterocycles. The van der Waals surface area contributed by atoms with Crippen molar-refractivity contribution >= 4 is 0 Å². The van der Waals surface area contributed by atoms with Crippen molar-refractivity contribution in [3.63, 3.8) is 0 Å². The van der Waals surface area contributed by atoms with Crippen LogP contribution in [0.25, 0.3) is 0 Å². The Labute approximate surface area is 68.1 Å². The number of rotatable bonds is 6. The van der Waals surface area contributed by atoms with Gasteiger partial charge in [0, 0.05) is 2.74 Å². The molecule has 0 radical (unpaired) electrons. The Hall–Kier alpha value is -0.260. The lowest BCUT2D eigenvalue weighted by atomic mass is 10.2. The summed E-state index contributed by atoms with van der Waals surface area (Å²) < 4.78 is 15.2. The van der Waals surface area contributed by atoms with E-state index in [2.05, 4.69) is 13.8 Å². The number of unbranched alkanes of at least 4 members (excludes halogenated alkanes) is 2. The molecule has 0 spiro atoms. The van der Waals surface area contributed by atoms with Crippen molar-refractivity contribution in [2.45, 2.75) is 52.3 Å². The molecule has 0 nitrogen and oxygen atoms in total. The van der Waals surface area contributed by atoms with E-state index in [-0.39, 0.29) is 0 Å². The Balaban J connectivity index is 3.69. The third kappa shape index (κ3) is 7.74. The number of hydrogen-bond acceptors (Lipinski definition) is 0. The smallest absolute Gasteiger partial charge is 0.0310 e. The van der Waals surface area contributed by atoms with Gasteiger partial charge >= 0.3 is 0 Å². The predicted octanol–water partition coefficient (Wildman–Crippen LogP) is 3.92. The van der Waals surface area contributed by atoms with Crippen molar-refractivity contribution in [3.05, 3.63) is 12.2 Å². The van der Waals surface area contributed by atoms with Gasteiger partial charge in [-0.05, 0) is 19.2 Å². The average molecular weight is 142 g/mol. The molecule has 0 aliphatic carbocycles. The summed E-state index contributed by atoms with van der Waals surface area (Å²) in [4.78, 5) is 0. The van der Waals surface area contributed by atoms with Crippen molar-refractivity contribution in [1.82, 2.24) is 0 Å². The zero-order chi connectivity index (χ0) is 9.45. The van der Waals surface area contributed by atoms with Gasteiger partial charge in [0.2, 0.25) is 0 Å². The van der Waals surface area contributed by atoms with Crippen LogP contribution in [0.3, 0.4) is 0 Å². The largest absolute Gasteiger partial charge is 0.0885 e. The monoisotopic (exact) mass is 142 g/mol. The van der Waals surface area contributed by atoms with E-state index in [1.165, 1.54) is 0 Å². The number of hydrogen-bond donors (Lipinski definition) is 0. The van der Waals surface area contributed by atoms with Crippen LogP contribution in [-0.4, -0.2) is 0 Å². The molecule has 0 saturated heterocycles. The fraction of sp³-hybridized carbons (Fsp3) is 0.800. The maximum Gasteiger partial charge on any atom is 0.0310 e. The van der Waals surface area contributed by atoms with Gasteiger partial charge in [0.05, 0.1) is 0 Å². The molecule has 0 saturated carbocycles. The molecule has 0 aliphatic rings. The molecule has 0 fully saturated rings. The highest BCUT2D eigenvalue weighted by molar-refractivity contribution is 4.80. The molecule has 0 unspecified atom stereocenters. The van der Waals surface area contributed by atoms with Gasteiger partial charge in [-0.2, -0.15) is 0 Å². The lowest BCUT2D eigenvalue weighted by Gasteiger charge is -1.90.